The molecular weight excluding hydrogens is 243 g/mol. The lowest BCUT2D eigenvalue weighted by Gasteiger charge is -2.27. The molecule has 1 heterocycles. The summed E-state index contributed by atoms with van der Waals surface area (Å²) in [4.78, 5) is 0. The van der Waals surface area contributed by atoms with Gasteiger partial charge in [0.05, 0.1) is 23.7 Å². The molecule has 2 atom stereocenters. The van der Waals surface area contributed by atoms with Crippen LogP contribution in [-0.4, -0.2) is 6.61 Å². The normalized spacial score (nSPS) is 24.6. The van der Waals surface area contributed by atoms with Crippen LogP contribution < -0.4 is 0 Å². The Morgan fingerprint density at radius 1 is 1.22 bits per heavy atom. The molecule has 0 N–H and O–H groups in total. The molecule has 18 heavy (non-hydrogen) atoms. The average Bonchev–Trinajstić information content (AvgIpc) is 2.38. The van der Waals surface area contributed by atoms with Gasteiger partial charge >= 0.3 is 6.18 Å². The Bertz CT molecular complexity index is 447. The Labute approximate surface area is 103 Å². The highest BCUT2D eigenvalue weighted by Gasteiger charge is 2.32. The number of halogens is 3. The number of hydrogen-bond acceptors (Lipinski definition) is 2. The zero-order valence-electron chi connectivity index (χ0n) is 9.57. The molecule has 1 saturated heterocycles. The third kappa shape index (κ3) is 2.65. The molecule has 2 rings (SSSR count). The van der Waals surface area contributed by atoms with E-state index in [9.17, 15) is 13.2 Å². The minimum Gasteiger partial charge on any atom is -0.372 e. The van der Waals surface area contributed by atoms with Gasteiger partial charge in [-0.15, -0.1) is 0 Å². The van der Waals surface area contributed by atoms with E-state index in [1.807, 2.05) is 0 Å². The number of alkyl halides is 3. The molecule has 0 saturated carbocycles. The van der Waals surface area contributed by atoms with Gasteiger partial charge in [0.25, 0.3) is 0 Å². The number of hydrogen-bond donors (Lipinski definition) is 0. The minimum absolute atomic E-state index is 0.282. The second kappa shape index (κ2) is 4.99. The van der Waals surface area contributed by atoms with Gasteiger partial charge in [-0.3, -0.25) is 0 Å². The summed E-state index contributed by atoms with van der Waals surface area (Å²) >= 11 is 0. The van der Waals surface area contributed by atoms with Gasteiger partial charge in [-0.1, -0.05) is 12.1 Å². The predicted molar refractivity (Wildman–Crippen MR) is 58.5 cm³/mol. The maximum Gasteiger partial charge on any atom is 0.416 e. The summed E-state index contributed by atoms with van der Waals surface area (Å²) in [6.07, 6.45) is -3.20. The van der Waals surface area contributed by atoms with Gasteiger partial charge in [-0.25, -0.2) is 0 Å². The van der Waals surface area contributed by atoms with Crippen molar-refractivity contribution in [3.8, 4) is 6.07 Å². The molecule has 0 aliphatic carbocycles. The summed E-state index contributed by atoms with van der Waals surface area (Å²) in [7, 11) is 0. The lowest BCUT2D eigenvalue weighted by Crippen LogP contribution is -2.21. The Kier molecular flexibility index (Phi) is 3.58. The standard InChI is InChI=1S/C13H12F3NO/c14-13(15,16)11-5-3-9(4-6-11)12-10(8-17)2-1-7-18-12/h3-6,10,12H,1-2,7H2. The zero-order valence-corrected chi connectivity index (χ0v) is 9.57. The van der Waals surface area contributed by atoms with Gasteiger partial charge in [-0.2, -0.15) is 18.4 Å². The molecule has 1 fully saturated rings. The third-order valence-electron chi connectivity index (χ3n) is 3.05. The average molecular weight is 255 g/mol. The van der Waals surface area contributed by atoms with Crippen LogP contribution in [0.5, 0.6) is 0 Å². The van der Waals surface area contributed by atoms with Crippen molar-refractivity contribution in [2.45, 2.75) is 25.1 Å². The fraction of sp³-hybridized carbons (Fsp3) is 0.462. The van der Waals surface area contributed by atoms with E-state index in [4.69, 9.17) is 10.00 Å². The van der Waals surface area contributed by atoms with Crippen LogP contribution in [-0.2, 0) is 10.9 Å². The molecular formula is C13H12F3NO. The van der Waals surface area contributed by atoms with E-state index in [-0.39, 0.29) is 5.92 Å². The molecule has 0 radical (unpaired) electrons. The molecule has 2 unspecified atom stereocenters. The van der Waals surface area contributed by atoms with Crippen molar-refractivity contribution in [1.29, 1.82) is 5.26 Å². The van der Waals surface area contributed by atoms with Crippen molar-refractivity contribution in [2.75, 3.05) is 6.61 Å². The first-order chi connectivity index (χ1) is 8.52. The molecule has 1 aliphatic heterocycles. The summed E-state index contributed by atoms with van der Waals surface area (Å²) in [5, 5.41) is 9.00. The van der Waals surface area contributed by atoms with E-state index in [1.54, 1.807) is 0 Å². The molecule has 0 aromatic heterocycles. The van der Waals surface area contributed by atoms with Gasteiger partial charge in [0.1, 0.15) is 0 Å². The lowest BCUT2D eigenvalue weighted by atomic mass is 9.90. The van der Waals surface area contributed by atoms with E-state index in [1.165, 1.54) is 12.1 Å². The Hall–Kier alpha value is -1.54. The molecule has 1 aliphatic rings. The van der Waals surface area contributed by atoms with Crippen LogP contribution >= 0.6 is 0 Å². The second-order valence-corrected chi connectivity index (χ2v) is 4.29. The summed E-state index contributed by atoms with van der Waals surface area (Å²) in [5.74, 6) is -0.282. The van der Waals surface area contributed by atoms with Crippen molar-refractivity contribution in [3.05, 3.63) is 35.4 Å². The van der Waals surface area contributed by atoms with E-state index in [0.717, 1.165) is 25.0 Å². The Morgan fingerprint density at radius 2 is 1.89 bits per heavy atom. The fourth-order valence-electron chi connectivity index (χ4n) is 2.10. The minimum atomic E-state index is -4.33. The van der Waals surface area contributed by atoms with E-state index >= 15 is 0 Å². The van der Waals surface area contributed by atoms with Crippen molar-refractivity contribution >= 4 is 0 Å². The summed E-state index contributed by atoms with van der Waals surface area (Å²) in [6.45, 7) is 0.546. The maximum absolute atomic E-state index is 12.4. The van der Waals surface area contributed by atoms with Crippen LogP contribution in [0, 0.1) is 17.2 Å². The quantitative estimate of drug-likeness (QED) is 0.766. The van der Waals surface area contributed by atoms with Crippen molar-refractivity contribution in [3.63, 3.8) is 0 Å². The van der Waals surface area contributed by atoms with Crippen molar-refractivity contribution in [2.24, 2.45) is 5.92 Å². The Morgan fingerprint density at radius 3 is 2.44 bits per heavy atom. The molecule has 1 aromatic rings. The summed E-state index contributed by atoms with van der Waals surface area (Å²) < 4.78 is 42.8. The fourth-order valence-corrected chi connectivity index (χ4v) is 2.10. The number of ether oxygens (including phenoxy) is 1. The highest BCUT2D eigenvalue weighted by molar-refractivity contribution is 5.27. The number of benzene rings is 1. The third-order valence-corrected chi connectivity index (χ3v) is 3.05. The van der Waals surface area contributed by atoms with Gasteiger partial charge in [0.15, 0.2) is 0 Å². The first-order valence-corrected chi connectivity index (χ1v) is 5.71. The van der Waals surface area contributed by atoms with Gasteiger partial charge < -0.3 is 4.74 Å². The van der Waals surface area contributed by atoms with Crippen LogP contribution in [0.2, 0.25) is 0 Å². The molecule has 96 valence electrons. The monoisotopic (exact) mass is 255 g/mol. The van der Waals surface area contributed by atoms with Crippen LogP contribution in [0.3, 0.4) is 0 Å². The highest BCUT2D eigenvalue weighted by atomic mass is 19.4. The molecule has 2 nitrogen and oxygen atoms in total. The Balaban J connectivity index is 2.21. The smallest absolute Gasteiger partial charge is 0.372 e. The zero-order chi connectivity index (χ0) is 13.2. The maximum atomic E-state index is 12.4. The van der Waals surface area contributed by atoms with Crippen LogP contribution in [0.25, 0.3) is 0 Å². The summed E-state index contributed by atoms with van der Waals surface area (Å²) in [5.41, 5.74) is -0.0511. The van der Waals surface area contributed by atoms with E-state index < -0.39 is 17.8 Å². The summed E-state index contributed by atoms with van der Waals surface area (Å²) in [6, 6.07) is 6.99. The van der Waals surface area contributed by atoms with Gasteiger partial charge in [0, 0.05) is 6.61 Å². The highest BCUT2D eigenvalue weighted by Crippen LogP contribution is 2.35. The van der Waals surface area contributed by atoms with E-state index in [0.29, 0.717) is 12.2 Å². The number of nitriles is 1. The van der Waals surface area contributed by atoms with Gasteiger partial charge in [0.2, 0.25) is 0 Å². The van der Waals surface area contributed by atoms with Crippen LogP contribution in [0.1, 0.15) is 30.1 Å². The first-order valence-electron chi connectivity index (χ1n) is 5.71. The molecule has 0 spiro atoms. The largest absolute Gasteiger partial charge is 0.416 e. The molecule has 5 heteroatoms. The number of nitrogens with zero attached hydrogens (tertiary/aromatic N) is 1. The second-order valence-electron chi connectivity index (χ2n) is 4.29. The van der Waals surface area contributed by atoms with Gasteiger partial charge in [-0.05, 0) is 30.5 Å². The lowest BCUT2D eigenvalue weighted by molar-refractivity contribution is -0.137. The molecule has 0 bridgehead atoms. The van der Waals surface area contributed by atoms with Crippen LogP contribution in [0.15, 0.2) is 24.3 Å². The van der Waals surface area contributed by atoms with E-state index in [2.05, 4.69) is 6.07 Å². The molecule has 0 amide bonds. The predicted octanol–water partition coefficient (Wildman–Crippen LogP) is 3.70. The molecule has 1 aromatic carbocycles. The first kappa shape index (κ1) is 12.9. The number of rotatable bonds is 1. The van der Waals surface area contributed by atoms with Crippen molar-refractivity contribution < 1.29 is 17.9 Å². The topological polar surface area (TPSA) is 33.0 Å². The van der Waals surface area contributed by atoms with Crippen LogP contribution in [0.4, 0.5) is 13.2 Å². The SMILES string of the molecule is N#CC1CCCOC1c1ccc(C(F)(F)F)cc1. The van der Waals surface area contributed by atoms with Crippen molar-refractivity contribution in [1.82, 2.24) is 0 Å².